The number of hydrogen-bond acceptors (Lipinski definition) is 5. The van der Waals surface area contributed by atoms with Gasteiger partial charge in [-0.15, -0.1) is 0 Å². The third-order valence-corrected chi connectivity index (χ3v) is 4.63. The molecule has 0 amide bonds. The summed E-state index contributed by atoms with van der Waals surface area (Å²) in [4.78, 5) is 11.0. The topological polar surface area (TPSA) is 122 Å². The van der Waals surface area contributed by atoms with Gasteiger partial charge in [0.15, 0.2) is 5.82 Å². The number of aromatic nitrogens is 4. The van der Waals surface area contributed by atoms with Gasteiger partial charge in [-0.2, -0.15) is 10.2 Å². The predicted molar refractivity (Wildman–Crippen MR) is 116 cm³/mol. The van der Waals surface area contributed by atoms with E-state index >= 15 is 0 Å². The van der Waals surface area contributed by atoms with Crippen LogP contribution in [0.4, 0.5) is 11.4 Å². The maximum Gasteiger partial charge on any atom is 0.224 e. The van der Waals surface area contributed by atoms with Gasteiger partial charge in [0.05, 0.1) is 23.1 Å². The number of nitrogens with two attached hydrogens (primary N) is 2. The average Bonchev–Trinajstić information content (AvgIpc) is 3.29. The third-order valence-electron chi connectivity index (χ3n) is 4.45. The molecule has 7 nitrogen and oxygen atoms in total. The Kier molecular flexibility index (Phi) is 4.77. The number of nitrogens with one attached hydrogen (secondary N) is 1. The molecule has 3 heterocycles. The van der Waals surface area contributed by atoms with Gasteiger partial charge in [0.1, 0.15) is 11.6 Å². The van der Waals surface area contributed by atoms with E-state index in [9.17, 15) is 0 Å². The standard InChI is InChI=1S/C13H8ClN5.C8H8N2/c14-13-17-6-8(5-15)12(18-13)19-7-10(16)9-3-1-2-4-11(9)19;9-7-5-10-8-4-2-1-3-6(7)8/h1-4,6-7H,16H2;1-5,10H,9H2. The lowest BCUT2D eigenvalue weighted by Gasteiger charge is -2.05. The van der Waals surface area contributed by atoms with Crippen molar-refractivity contribution in [2.75, 3.05) is 11.5 Å². The number of H-pyrrole nitrogens is 1. The van der Waals surface area contributed by atoms with Crippen LogP contribution in [0.2, 0.25) is 5.28 Å². The van der Waals surface area contributed by atoms with Crippen LogP contribution in [0.1, 0.15) is 5.56 Å². The minimum atomic E-state index is 0.0883. The van der Waals surface area contributed by atoms with Gasteiger partial charge in [0.2, 0.25) is 5.28 Å². The summed E-state index contributed by atoms with van der Waals surface area (Å²) in [6, 6.07) is 17.6. The van der Waals surface area contributed by atoms with Crippen LogP contribution in [-0.4, -0.2) is 19.5 Å². The zero-order valence-electron chi connectivity index (χ0n) is 15.2. The SMILES string of the molecule is N#Cc1cnc(Cl)nc1-n1cc(N)c2ccccc21.Nc1c[nH]c2ccccc12. The molecule has 0 atom stereocenters. The molecule has 0 spiro atoms. The zero-order valence-corrected chi connectivity index (χ0v) is 15.9. The molecule has 0 unspecified atom stereocenters. The number of nitriles is 1. The number of fused-ring (bicyclic) bond motifs is 2. The van der Waals surface area contributed by atoms with Crippen LogP contribution >= 0.6 is 11.6 Å². The molecule has 3 aromatic heterocycles. The smallest absolute Gasteiger partial charge is 0.224 e. The van der Waals surface area contributed by atoms with Crippen LogP contribution in [0, 0.1) is 11.3 Å². The molecule has 0 bridgehead atoms. The highest BCUT2D eigenvalue weighted by Crippen LogP contribution is 2.27. The van der Waals surface area contributed by atoms with Crippen molar-refractivity contribution in [2.45, 2.75) is 0 Å². The van der Waals surface area contributed by atoms with E-state index in [0.29, 0.717) is 17.1 Å². The number of halogens is 1. The van der Waals surface area contributed by atoms with E-state index in [2.05, 4.69) is 15.0 Å². The molecule has 8 heteroatoms. The highest BCUT2D eigenvalue weighted by Gasteiger charge is 2.13. The molecule has 0 aliphatic rings. The summed E-state index contributed by atoms with van der Waals surface area (Å²) in [5.41, 5.74) is 15.3. The number of nitrogen functional groups attached to an aromatic ring is 2. The highest BCUT2D eigenvalue weighted by molar-refractivity contribution is 6.28. The second-order valence-electron chi connectivity index (χ2n) is 6.25. The fraction of sp³-hybridized carbons (Fsp3) is 0. The van der Waals surface area contributed by atoms with Gasteiger partial charge >= 0.3 is 0 Å². The molecule has 5 aromatic rings. The van der Waals surface area contributed by atoms with Gasteiger partial charge in [-0.3, -0.25) is 4.57 Å². The van der Waals surface area contributed by atoms with Crippen LogP contribution in [-0.2, 0) is 0 Å². The van der Waals surface area contributed by atoms with E-state index in [1.807, 2.05) is 60.8 Å². The van der Waals surface area contributed by atoms with Crippen LogP contribution < -0.4 is 11.5 Å². The highest BCUT2D eigenvalue weighted by atomic mass is 35.5. The van der Waals surface area contributed by atoms with E-state index in [1.54, 1.807) is 10.8 Å². The summed E-state index contributed by atoms with van der Waals surface area (Å²) >= 11 is 5.81. The lowest BCUT2D eigenvalue weighted by molar-refractivity contribution is 1.00. The Bertz CT molecular complexity index is 1360. The Balaban J connectivity index is 0.000000171. The molecule has 2 aromatic carbocycles. The van der Waals surface area contributed by atoms with Gasteiger partial charge in [0.25, 0.3) is 0 Å². The number of hydrogen-bond donors (Lipinski definition) is 3. The molecule has 5 rings (SSSR count). The van der Waals surface area contributed by atoms with E-state index in [0.717, 1.165) is 27.5 Å². The lowest BCUT2D eigenvalue weighted by atomic mass is 10.2. The number of nitrogens with zero attached hydrogens (tertiary/aromatic N) is 4. The van der Waals surface area contributed by atoms with Crippen molar-refractivity contribution in [1.29, 1.82) is 5.26 Å². The Labute approximate surface area is 171 Å². The van der Waals surface area contributed by atoms with Crippen molar-refractivity contribution < 1.29 is 0 Å². The van der Waals surface area contributed by atoms with Crippen molar-refractivity contribution in [3.63, 3.8) is 0 Å². The summed E-state index contributed by atoms with van der Waals surface area (Å²) < 4.78 is 1.75. The molecule has 0 aliphatic heterocycles. The first-order valence-electron chi connectivity index (χ1n) is 8.68. The van der Waals surface area contributed by atoms with Gasteiger partial charge in [-0.1, -0.05) is 36.4 Å². The summed E-state index contributed by atoms with van der Waals surface area (Å²) in [5, 5.41) is 11.2. The number of para-hydroxylation sites is 2. The van der Waals surface area contributed by atoms with Gasteiger partial charge < -0.3 is 16.5 Å². The Morgan fingerprint density at radius 3 is 2.48 bits per heavy atom. The second kappa shape index (κ2) is 7.54. The largest absolute Gasteiger partial charge is 0.397 e. The van der Waals surface area contributed by atoms with Crippen LogP contribution in [0.3, 0.4) is 0 Å². The Morgan fingerprint density at radius 2 is 1.72 bits per heavy atom. The minimum absolute atomic E-state index is 0.0883. The maximum absolute atomic E-state index is 9.13. The van der Waals surface area contributed by atoms with Crippen molar-refractivity contribution >= 4 is 44.8 Å². The monoisotopic (exact) mass is 401 g/mol. The van der Waals surface area contributed by atoms with Crippen molar-refractivity contribution in [2.24, 2.45) is 0 Å². The minimum Gasteiger partial charge on any atom is -0.397 e. The molecule has 142 valence electrons. The summed E-state index contributed by atoms with van der Waals surface area (Å²) in [5.74, 6) is 0.426. The number of anilines is 2. The Hall–Kier alpha value is -4.02. The van der Waals surface area contributed by atoms with Crippen molar-refractivity contribution in [3.05, 3.63) is 78.0 Å². The normalized spacial score (nSPS) is 10.5. The molecule has 0 saturated carbocycles. The van der Waals surface area contributed by atoms with E-state index in [-0.39, 0.29) is 5.28 Å². The number of aromatic amines is 1. The van der Waals surface area contributed by atoms with Crippen LogP contribution in [0.5, 0.6) is 0 Å². The second-order valence-corrected chi connectivity index (χ2v) is 6.59. The first kappa shape index (κ1) is 18.3. The van der Waals surface area contributed by atoms with Gasteiger partial charge in [-0.05, 0) is 23.7 Å². The molecule has 29 heavy (non-hydrogen) atoms. The van der Waals surface area contributed by atoms with E-state index in [1.165, 1.54) is 6.20 Å². The number of rotatable bonds is 1. The molecule has 0 aliphatic carbocycles. The van der Waals surface area contributed by atoms with Crippen LogP contribution in [0.15, 0.2) is 67.1 Å². The summed E-state index contributed by atoms with van der Waals surface area (Å²) in [6.07, 6.45) is 4.93. The van der Waals surface area contributed by atoms with Crippen LogP contribution in [0.25, 0.3) is 27.6 Å². The summed E-state index contributed by atoms with van der Waals surface area (Å²) in [6.45, 7) is 0. The summed E-state index contributed by atoms with van der Waals surface area (Å²) in [7, 11) is 0. The fourth-order valence-corrected chi connectivity index (χ4v) is 3.22. The maximum atomic E-state index is 9.13. The predicted octanol–water partition coefficient (Wildman–Crippen LogP) is 4.28. The molecule has 5 N–H and O–H groups in total. The molecule has 0 radical (unpaired) electrons. The molecule has 0 saturated heterocycles. The fourth-order valence-electron chi connectivity index (χ4n) is 3.09. The number of benzene rings is 2. The van der Waals surface area contributed by atoms with Gasteiger partial charge in [0, 0.05) is 28.7 Å². The first-order chi connectivity index (χ1) is 14.1. The quantitative estimate of drug-likeness (QED) is 0.362. The molecular weight excluding hydrogens is 386 g/mol. The van der Waals surface area contributed by atoms with Crippen molar-refractivity contribution in [3.8, 4) is 11.9 Å². The lowest BCUT2D eigenvalue weighted by Crippen LogP contribution is -2.01. The van der Waals surface area contributed by atoms with E-state index < -0.39 is 0 Å². The van der Waals surface area contributed by atoms with E-state index in [4.69, 9.17) is 28.3 Å². The van der Waals surface area contributed by atoms with Crippen molar-refractivity contribution in [1.82, 2.24) is 19.5 Å². The van der Waals surface area contributed by atoms with Gasteiger partial charge in [-0.25, -0.2) is 4.98 Å². The molecular formula is C21H16ClN7. The zero-order chi connectivity index (χ0) is 20.4. The average molecular weight is 402 g/mol. The first-order valence-corrected chi connectivity index (χ1v) is 9.06. The third kappa shape index (κ3) is 3.45. The molecule has 0 fully saturated rings. The Morgan fingerprint density at radius 1 is 1.00 bits per heavy atom.